The third-order valence-corrected chi connectivity index (χ3v) is 5.71. The van der Waals surface area contributed by atoms with Gasteiger partial charge in [0.25, 0.3) is 0 Å². The molecule has 0 bridgehead atoms. The molecule has 0 aliphatic carbocycles. The molecule has 2 aromatic carbocycles. The number of amides is 1. The first kappa shape index (κ1) is 18.0. The molecule has 0 aliphatic rings. The Morgan fingerprint density at radius 3 is 2.48 bits per heavy atom. The minimum atomic E-state index is -3.52. The van der Waals surface area contributed by atoms with Crippen molar-refractivity contribution in [2.75, 3.05) is 17.3 Å². The van der Waals surface area contributed by atoms with Gasteiger partial charge < -0.3 is 5.32 Å². The zero-order valence-corrected chi connectivity index (χ0v) is 15.7. The second-order valence-corrected chi connectivity index (χ2v) is 8.80. The monoisotopic (exact) mass is 413 g/mol. The zero-order chi connectivity index (χ0) is 16.9. The Hall–Kier alpha value is -1.31. The van der Waals surface area contributed by atoms with Crippen molar-refractivity contribution in [1.29, 1.82) is 0 Å². The fourth-order valence-electron chi connectivity index (χ4n) is 2.00. The highest BCUT2D eigenvalue weighted by atomic mass is 79.9. The van der Waals surface area contributed by atoms with Crippen molar-refractivity contribution < 1.29 is 13.2 Å². The summed E-state index contributed by atoms with van der Waals surface area (Å²) in [5, 5.41) is 2.61. The Morgan fingerprint density at radius 2 is 1.87 bits per heavy atom. The molecule has 122 valence electrons. The van der Waals surface area contributed by atoms with Gasteiger partial charge in [-0.05, 0) is 48.2 Å². The molecule has 0 aliphatic heterocycles. The predicted octanol–water partition coefficient (Wildman–Crippen LogP) is 3.72. The van der Waals surface area contributed by atoms with Crippen LogP contribution in [0.25, 0.3) is 0 Å². The van der Waals surface area contributed by atoms with Crippen LogP contribution in [0.2, 0.25) is 0 Å². The Labute approximate surface area is 148 Å². The molecule has 0 saturated carbocycles. The van der Waals surface area contributed by atoms with Crippen LogP contribution in [0.5, 0.6) is 0 Å². The van der Waals surface area contributed by atoms with Crippen LogP contribution in [0, 0.1) is 0 Å². The van der Waals surface area contributed by atoms with Gasteiger partial charge in [0.1, 0.15) is 5.75 Å². The lowest BCUT2D eigenvalue weighted by Gasteiger charge is -2.07. The van der Waals surface area contributed by atoms with Crippen molar-refractivity contribution in [2.45, 2.75) is 10.6 Å². The van der Waals surface area contributed by atoms with E-state index in [1.165, 1.54) is 0 Å². The van der Waals surface area contributed by atoms with E-state index in [9.17, 15) is 13.2 Å². The molecule has 1 N–H and O–H groups in total. The summed E-state index contributed by atoms with van der Waals surface area (Å²) in [5.74, 6) is -1.23. The lowest BCUT2D eigenvalue weighted by molar-refractivity contribution is -0.113. The van der Waals surface area contributed by atoms with E-state index in [4.69, 9.17) is 0 Å². The predicted molar refractivity (Wildman–Crippen MR) is 98.5 cm³/mol. The van der Waals surface area contributed by atoms with E-state index < -0.39 is 21.5 Å². The normalized spacial score (nSPS) is 11.2. The molecule has 0 atom stereocenters. The van der Waals surface area contributed by atoms with Crippen LogP contribution in [0.3, 0.4) is 0 Å². The largest absolute Gasteiger partial charge is 0.325 e. The first-order valence-corrected chi connectivity index (χ1v) is 10.6. The summed E-state index contributed by atoms with van der Waals surface area (Å²) >= 11 is 4.90. The molecular weight excluding hydrogens is 398 g/mol. The number of sulfone groups is 1. The number of rotatable bonds is 6. The topological polar surface area (TPSA) is 63.2 Å². The maximum atomic E-state index is 12.1. The molecule has 1 amide bonds. The second-order valence-electron chi connectivity index (χ2n) is 4.94. The van der Waals surface area contributed by atoms with E-state index in [1.54, 1.807) is 42.1 Å². The van der Waals surface area contributed by atoms with Crippen molar-refractivity contribution in [1.82, 2.24) is 0 Å². The van der Waals surface area contributed by atoms with Crippen molar-refractivity contribution in [3.05, 3.63) is 58.6 Å². The fraction of sp³-hybridized carbons (Fsp3) is 0.188. The fourth-order valence-corrected chi connectivity index (χ4v) is 4.12. The smallest absolute Gasteiger partial charge is 0.239 e. The van der Waals surface area contributed by atoms with Crippen LogP contribution in [0.15, 0.2) is 57.9 Å². The number of hydrogen-bond acceptors (Lipinski definition) is 4. The highest BCUT2D eigenvalue weighted by molar-refractivity contribution is 9.10. The summed E-state index contributed by atoms with van der Waals surface area (Å²) in [5.41, 5.74) is 1.24. The lowest BCUT2D eigenvalue weighted by atomic mass is 10.2. The summed E-state index contributed by atoms with van der Waals surface area (Å²) in [4.78, 5) is 13.0. The summed E-state index contributed by atoms with van der Waals surface area (Å²) in [6.07, 6.45) is 1.96. The van der Waals surface area contributed by atoms with Gasteiger partial charge in [0.05, 0.1) is 5.75 Å². The summed E-state index contributed by atoms with van der Waals surface area (Å²) in [7, 11) is -3.52. The third kappa shape index (κ3) is 6.01. The standard InChI is InChI=1S/C16H16BrNO3S2/c1-22-15-7-5-14(6-8-15)18-16(19)11-23(20,21)10-12-3-2-4-13(17)9-12/h2-9H,10-11H2,1H3,(H,18,19). The number of benzene rings is 2. The number of carbonyl (C=O) groups is 1. The van der Waals surface area contributed by atoms with Crippen molar-refractivity contribution in [3.8, 4) is 0 Å². The van der Waals surface area contributed by atoms with Crippen LogP contribution < -0.4 is 5.32 Å². The minimum Gasteiger partial charge on any atom is -0.325 e. The van der Waals surface area contributed by atoms with Gasteiger partial charge in [0.15, 0.2) is 9.84 Å². The molecule has 0 aromatic heterocycles. The maximum Gasteiger partial charge on any atom is 0.239 e. The van der Waals surface area contributed by atoms with Gasteiger partial charge in [-0.3, -0.25) is 4.79 Å². The van der Waals surface area contributed by atoms with Crippen LogP contribution >= 0.6 is 27.7 Å². The molecule has 2 aromatic rings. The van der Waals surface area contributed by atoms with E-state index in [0.29, 0.717) is 11.3 Å². The van der Waals surface area contributed by atoms with Crippen LogP contribution in [-0.2, 0) is 20.4 Å². The molecule has 0 saturated heterocycles. The first-order chi connectivity index (χ1) is 10.9. The van der Waals surface area contributed by atoms with Gasteiger partial charge in [0.2, 0.25) is 5.91 Å². The van der Waals surface area contributed by atoms with E-state index >= 15 is 0 Å². The van der Waals surface area contributed by atoms with Crippen molar-refractivity contribution in [3.63, 3.8) is 0 Å². The Kier molecular flexibility index (Phi) is 6.26. The lowest BCUT2D eigenvalue weighted by Crippen LogP contribution is -2.23. The van der Waals surface area contributed by atoms with E-state index in [0.717, 1.165) is 9.37 Å². The number of halogens is 1. The van der Waals surface area contributed by atoms with Crippen LogP contribution in [-0.4, -0.2) is 26.3 Å². The SMILES string of the molecule is CSc1ccc(NC(=O)CS(=O)(=O)Cc2cccc(Br)c2)cc1. The number of hydrogen-bond donors (Lipinski definition) is 1. The molecule has 0 heterocycles. The Morgan fingerprint density at radius 1 is 1.17 bits per heavy atom. The van der Waals surface area contributed by atoms with E-state index in [2.05, 4.69) is 21.2 Å². The Bertz CT molecular complexity index is 789. The number of nitrogens with one attached hydrogen (secondary N) is 1. The molecule has 0 radical (unpaired) electrons. The third-order valence-electron chi connectivity index (χ3n) is 3.00. The first-order valence-electron chi connectivity index (χ1n) is 6.77. The summed E-state index contributed by atoms with van der Waals surface area (Å²) in [6.45, 7) is 0. The molecule has 0 unspecified atom stereocenters. The molecular formula is C16H16BrNO3S2. The maximum absolute atomic E-state index is 12.1. The average molecular weight is 414 g/mol. The van der Waals surface area contributed by atoms with Crippen molar-refractivity contribution in [2.24, 2.45) is 0 Å². The van der Waals surface area contributed by atoms with Crippen molar-refractivity contribution >= 4 is 49.1 Å². The molecule has 7 heteroatoms. The van der Waals surface area contributed by atoms with Gasteiger partial charge >= 0.3 is 0 Å². The molecule has 2 rings (SSSR count). The van der Waals surface area contributed by atoms with Gasteiger partial charge in [0, 0.05) is 15.1 Å². The van der Waals surface area contributed by atoms with Gasteiger partial charge in [-0.25, -0.2) is 8.42 Å². The van der Waals surface area contributed by atoms with Crippen LogP contribution in [0.4, 0.5) is 5.69 Å². The van der Waals surface area contributed by atoms with Gasteiger partial charge in [-0.1, -0.05) is 28.1 Å². The Balaban J connectivity index is 1.97. The molecule has 23 heavy (non-hydrogen) atoms. The minimum absolute atomic E-state index is 0.161. The average Bonchev–Trinajstić information content (AvgIpc) is 2.46. The highest BCUT2D eigenvalue weighted by Gasteiger charge is 2.17. The zero-order valence-electron chi connectivity index (χ0n) is 12.5. The number of carbonyl (C=O) groups excluding carboxylic acids is 1. The summed E-state index contributed by atoms with van der Waals surface area (Å²) < 4.78 is 25.1. The number of anilines is 1. The number of thioether (sulfide) groups is 1. The molecule has 0 spiro atoms. The highest BCUT2D eigenvalue weighted by Crippen LogP contribution is 2.18. The molecule has 0 fully saturated rings. The van der Waals surface area contributed by atoms with Crippen LogP contribution in [0.1, 0.15) is 5.56 Å². The second kappa shape index (κ2) is 7.99. The van der Waals surface area contributed by atoms with E-state index in [1.807, 2.05) is 24.5 Å². The van der Waals surface area contributed by atoms with Gasteiger partial charge in [-0.15, -0.1) is 11.8 Å². The summed E-state index contributed by atoms with van der Waals surface area (Å²) in [6, 6.07) is 14.3. The quantitative estimate of drug-likeness (QED) is 0.732. The van der Waals surface area contributed by atoms with E-state index in [-0.39, 0.29) is 5.75 Å². The molecule has 4 nitrogen and oxygen atoms in total. The van der Waals surface area contributed by atoms with Gasteiger partial charge in [-0.2, -0.15) is 0 Å².